The Morgan fingerprint density at radius 1 is 1.32 bits per heavy atom. The van der Waals surface area contributed by atoms with E-state index in [1.54, 1.807) is 4.90 Å². The second-order valence-electron chi connectivity index (χ2n) is 7.62. The quantitative estimate of drug-likeness (QED) is 0.881. The van der Waals surface area contributed by atoms with Crippen molar-refractivity contribution >= 4 is 6.03 Å². The highest BCUT2D eigenvalue weighted by atomic mass is 16.3. The Morgan fingerprint density at radius 2 is 2.12 bits per heavy atom. The van der Waals surface area contributed by atoms with E-state index in [9.17, 15) is 9.90 Å². The van der Waals surface area contributed by atoms with Gasteiger partial charge in [-0.3, -0.25) is 0 Å². The van der Waals surface area contributed by atoms with Crippen LogP contribution in [0.1, 0.15) is 43.9 Å². The third kappa shape index (κ3) is 4.15. The molecule has 2 aliphatic heterocycles. The van der Waals surface area contributed by atoms with Crippen LogP contribution >= 0.6 is 0 Å². The lowest BCUT2D eigenvalue weighted by Gasteiger charge is -2.38. The van der Waals surface area contributed by atoms with Crippen molar-refractivity contribution in [1.82, 2.24) is 15.1 Å². The highest BCUT2D eigenvalue weighted by Crippen LogP contribution is 2.29. The summed E-state index contributed by atoms with van der Waals surface area (Å²) in [7, 11) is 0. The Balaban J connectivity index is 1.58. The van der Waals surface area contributed by atoms with Gasteiger partial charge in [0.15, 0.2) is 0 Å². The third-order valence-electron chi connectivity index (χ3n) is 5.67. The van der Waals surface area contributed by atoms with E-state index in [-0.39, 0.29) is 18.7 Å². The van der Waals surface area contributed by atoms with E-state index < -0.39 is 0 Å². The number of piperidine rings is 1. The molecule has 3 rings (SSSR count). The normalized spacial score (nSPS) is 24.2. The van der Waals surface area contributed by atoms with Crippen LogP contribution in [0.25, 0.3) is 0 Å². The number of amides is 2. The SMILES string of the molecule is CC(C)N1CCCC(CNC(=O)N2CCc3ccccc3C2CO)C1. The maximum atomic E-state index is 12.7. The van der Waals surface area contributed by atoms with Gasteiger partial charge in [0.25, 0.3) is 0 Å². The average Bonchev–Trinajstić information content (AvgIpc) is 2.65. The van der Waals surface area contributed by atoms with Crippen molar-refractivity contribution < 1.29 is 9.90 Å². The van der Waals surface area contributed by atoms with Crippen molar-refractivity contribution in [3.63, 3.8) is 0 Å². The minimum Gasteiger partial charge on any atom is -0.394 e. The van der Waals surface area contributed by atoms with Crippen molar-refractivity contribution in [2.75, 3.05) is 32.8 Å². The molecule has 1 saturated heterocycles. The first kappa shape index (κ1) is 18.2. The zero-order valence-corrected chi connectivity index (χ0v) is 15.4. The molecule has 2 amide bonds. The number of fused-ring (bicyclic) bond motifs is 1. The predicted molar refractivity (Wildman–Crippen MR) is 99.5 cm³/mol. The first-order valence-corrected chi connectivity index (χ1v) is 9.57. The summed E-state index contributed by atoms with van der Waals surface area (Å²) in [6.07, 6.45) is 3.23. The van der Waals surface area contributed by atoms with E-state index in [1.165, 1.54) is 18.4 Å². The molecule has 0 bridgehead atoms. The van der Waals surface area contributed by atoms with Crippen molar-refractivity contribution in [3.8, 4) is 0 Å². The highest BCUT2D eigenvalue weighted by molar-refractivity contribution is 5.75. The monoisotopic (exact) mass is 345 g/mol. The number of rotatable bonds is 4. The summed E-state index contributed by atoms with van der Waals surface area (Å²) < 4.78 is 0. The number of nitrogens with one attached hydrogen (secondary N) is 1. The lowest BCUT2D eigenvalue weighted by Crippen LogP contribution is -2.49. The first-order chi connectivity index (χ1) is 12.1. The summed E-state index contributed by atoms with van der Waals surface area (Å²) in [4.78, 5) is 17.0. The van der Waals surface area contributed by atoms with Crippen LogP contribution in [0.4, 0.5) is 4.79 Å². The van der Waals surface area contributed by atoms with E-state index in [1.807, 2.05) is 18.2 Å². The van der Waals surface area contributed by atoms with Gasteiger partial charge in [-0.15, -0.1) is 0 Å². The Bertz CT molecular complexity index is 590. The fraction of sp³-hybridized carbons (Fsp3) is 0.650. The summed E-state index contributed by atoms with van der Waals surface area (Å²) >= 11 is 0. The van der Waals surface area contributed by atoms with Crippen LogP contribution in [0.15, 0.2) is 24.3 Å². The molecule has 1 aromatic carbocycles. The average molecular weight is 345 g/mol. The molecule has 0 aromatic heterocycles. The zero-order valence-electron chi connectivity index (χ0n) is 15.4. The van der Waals surface area contributed by atoms with Crippen LogP contribution < -0.4 is 5.32 Å². The van der Waals surface area contributed by atoms with Gasteiger partial charge in [-0.2, -0.15) is 0 Å². The molecule has 1 aromatic rings. The van der Waals surface area contributed by atoms with Crippen LogP contribution in [-0.2, 0) is 6.42 Å². The molecular weight excluding hydrogens is 314 g/mol. The molecule has 138 valence electrons. The minimum absolute atomic E-state index is 0.0327. The van der Waals surface area contributed by atoms with Gasteiger partial charge in [-0.1, -0.05) is 24.3 Å². The molecular formula is C20H31N3O2. The van der Waals surface area contributed by atoms with E-state index in [4.69, 9.17) is 0 Å². The molecule has 5 heteroatoms. The lowest BCUT2D eigenvalue weighted by atomic mass is 9.93. The molecule has 2 unspecified atom stereocenters. The number of hydrogen-bond donors (Lipinski definition) is 2. The standard InChI is InChI=1S/C20H31N3O2/c1-15(2)22-10-5-6-16(13-22)12-21-20(25)23-11-9-17-7-3-4-8-18(17)19(23)14-24/h3-4,7-8,15-16,19,24H,5-6,9-14H2,1-2H3,(H,21,25). The number of aliphatic hydroxyl groups is 1. The van der Waals surface area contributed by atoms with Crippen molar-refractivity contribution in [2.24, 2.45) is 5.92 Å². The summed E-state index contributed by atoms with van der Waals surface area (Å²) in [5.74, 6) is 0.518. The topological polar surface area (TPSA) is 55.8 Å². The van der Waals surface area contributed by atoms with E-state index in [2.05, 4.69) is 30.1 Å². The van der Waals surface area contributed by atoms with Crippen LogP contribution in [-0.4, -0.2) is 59.8 Å². The summed E-state index contributed by atoms with van der Waals surface area (Å²) in [5.41, 5.74) is 2.32. The van der Waals surface area contributed by atoms with Gasteiger partial charge in [0, 0.05) is 25.7 Å². The van der Waals surface area contributed by atoms with E-state index >= 15 is 0 Å². The van der Waals surface area contributed by atoms with Crippen LogP contribution in [0.5, 0.6) is 0 Å². The molecule has 25 heavy (non-hydrogen) atoms. The van der Waals surface area contributed by atoms with Gasteiger partial charge in [0.1, 0.15) is 0 Å². The molecule has 0 aliphatic carbocycles. The van der Waals surface area contributed by atoms with Crippen LogP contribution in [0, 0.1) is 5.92 Å². The Morgan fingerprint density at radius 3 is 2.88 bits per heavy atom. The number of carbonyl (C=O) groups is 1. The molecule has 2 aliphatic rings. The molecule has 0 radical (unpaired) electrons. The Labute approximate surface area is 151 Å². The van der Waals surface area contributed by atoms with E-state index in [0.29, 0.717) is 18.5 Å². The molecule has 2 atom stereocenters. The van der Waals surface area contributed by atoms with Gasteiger partial charge in [-0.05, 0) is 56.7 Å². The number of aliphatic hydroxyl groups excluding tert-OH is 1. The summed E-state index contributed by atoms with van der Waals surface area (Å²) in [6.45, 7) is 8.04. The second kappa shape index (κ2) is 8.19. The van der Waals surface area contributed by atoms with Crippen LogP contribution in [0.2, 0.25) is 0 Å². The maximum Gasteiger partial charge on any atom is 0.318 e. The largest absolute Gasteiger partial charge is 0.394 e. The van der Waals surface area contributed by atoms with Crippen molar-refractivity contribution in [2.45, 2.75) is 45.2 Å². The predicted octanol–water partition coefficient (Wildman–Crippen LogP) is 2.41. The number of nitrogens with zero attached hydrogens (tertiary/aromatic N) is 2. The number of benzene rings is 1. The summed E-state index contributed by atoms with van der Waals surface area (Å²) in [5, 5.41) is 13.0. The number of hydrogen-bond acceptors (Lipinski definition) is 3. The zero-order chi connectivity index (χ0) is 17.8. The third-order valence-corrected chi connectivity index (χ3v) is 5.67. The van der Waals surface area contributed by atoms with Gasteiger partial charge in [-0.25, -0.2) is 4.79 Å². The van der Waals surface area contributed by atoms with Gasteiger partial charge in [0.2, 0.25) is 0 Å². The minimum atomic E-state index is -0.233. The fourth-order valence-electron chi connectivity index (χ4n) is 4.16. The highest BCUT2D eigenvalue weighted by Gasteiger charge is 2.30. The molecule has 2 heterocycles. The summed E-state index contributed by atoms with van der Waals surface area (Å²) in [6, 6.07) is 8.40. The molecule has 0 saturated carbocycles. The number of carbonyl (C=O) groups excluding carboxylic acids is 1. The van der Waals surface area contributed by atoms with Gasteiger partial charge in [0.05, 0.1) is 12.6 Å². The number of urea groups is 1. The molecule has 0 spiro atoms. The second-order valence-corrected chi connectivity index (χ2v) is 7.62. The smallest absolute Gasteiger partial charge is 0.318 e. The number of likely N-dealkylation sites (tertiary alicyclic amines) is 1. The molecule has 5 nitrogen and oxygen atoms in total. The first-order valence-electron chi connectivity index (χ1n) is 9.57. The molecule has 2 N–H and O–H groups in total. The maximum absolute atomic E-state index is 12.7. The van der Waals surface area contributed by atoms with Crippen molar-refractivity contribution in [3.05, 3.63) is 35.4 Å². The molecule has 1 fully saturated rings. The van der Waals surface area contributed by atoms with Gasteiger partial charge >= 0.3 is 6.03 Å². The Hall–Kier alpha value is -1.59. The fourth-order valence-corrected chi connectivity index (χ4v) is 4.16. The van der Waals surface area contributed by atoms with E-state index in [0.717, 1.165) is 31.6 Å². The van der Waals surface area contributed by atoms with Gasteiger partial charge < -0.3 is 20.2 Å². The van der Waals surface area contributed by atoms with Crippen molar-refractivity contribution in [1.29, 1.82) is 0 Å². The Kier molecular flexibility index (Phi) is 5.97. The van der Waals surface area contributed by atoms with Crippen LogP contribution in [0.3, 0.4) is 0 Å². The lowest BCUT2D eigenvalue weighted by molar-refractivity contribution is 0.118.